The van der Waals surface area contributed by atoms with E-state index in [0.717, 1.165) is 19.5 Å². The number of nitrogens with zero attached hydrogens (tertiary/aromatic N) is 5. The van der Waals surface area contributed by atoms with Crippen molar-refractivity contribution in [1.29, 1.82) is 0 Å². The molecule has 1 aromatic rings. The zero-order valence-electron chi connectivity index (χ0n) is 12.0. The summed E-state index contributed by atoms with van der Waals surface area (Å²) in [6.07, 6.45) is 2.70. The zero-order valence-corrected chi connectivity index (χ0v) is 12.0. The highest BCUT2D eigenvalue weighted by Crippen LogP contribution is 2.23. The minimum Gasteiger partial charge on any atom is -0.374 e. The Hall–Kier alpha value is -1.47. The molecule has 0 spiro atoms. The lowest BCUT2D eigenvalue weighted by atomic mass is 9.99. The van der Waals surface area contributed by atoms with Gasteiger partial charge < -0.3 is 14.5 Å². The van der Waals surface area contributed by atoms with E-state index in [1.807, 2.05) is 11.8 Å². The summed E-state index contributed by atoms with van der Waals surface area (Å²) < 4.78 is 7.48. The van der Waals surface area contributed by atoms with E-state index in [1.165, 1.54) is 0 Å². The molecule has 20 heavy (non-hydrogen) atoms. The number of fused-ring (bicyclic) bond motifs is 1. The number of aromatic nitrogens is 3. The summed E-state index contributed by atoms with van der Waals surface area (Å²) in [7, 11) is 2.09. The second-order valence-corrected chi connectivity index (χ2v) is 5.46. The van der Waals surface area contributed by atoms with Gasteiger partial charge >= 0.3 is 0 Å². The number of hydrogen-bond acceptors (Lipinski definition) is 5. The van der Waals surface area contributed by atoms with Crippen LogP contribution in [0.5, 0.6) is 0 Å². The second-order valence-electron chi connectivity index (χ2n) is 5.46. The number of aryl methyl sites for hydroxylation is 1. The molecule has 0 radical (unpaired) electrons. The predicted octanol–water partition coefficient (Wildman–Crippen LogP) is -0.157. The van der Waals surface area contributed by atoms with Gasteiger partial charge in [0.1, 0.15) is 5.69 Å². The Labute approximate surface area is 118 Å². The first kappa shape index (κ1) is 13.5. The summed E-state index contributed by atoms with van der Waals surface area (Å²) in [5.41, 5.74) is 0.571. The SMILES string of the molecule is CCn1nncc1C(=O)N1CCO[C@@H]2CCN(C)C[C@@H]21. The van der Waals surface area contributed by atoms with Gasteiger partial charge in [0.15, 0.2) is 0 Å². The number of piperidine rings is 1. The number of likely N-dealkylation sites (N-methyl/N-ethyl adjacent to an activating group) is 1. The Kier molecular flexibility index (Phi) is 3.71. The van der Waals surface area contributed by atoms with E-state index in [-0.39, 0.29) is 18.1 Å². The van der Waals surface area contributed by atoms with E-state index in [4.69, 9.17) is 4.74 Å². The minimum atomic E-state index is 0.0189. The number of ether oxygens (including phenoxy) is 1. The summed E-state index contributed by atoms with van der Waals surface area (Å²) in [5, 5.41) is 7.80. The number of carbonyl (C=O) groups excluding carboxylic acids is 1. The maximum atomic E-state index is 12.8. The van der Waals surface area contributed by atoms with Crippen LogP contribution in [-0.2, 0) is 11.3 Å². The Morgan fingerprint density at radius 3 is 3.15 bits per heavy atom. The van der Waals surface area contributed by atoms with Crippen LogP contribution in [0.15, 0.2) is 6.20 Å². The maximum absolute atomic E-state index is 12.8. The fourth-order valence-corrected chi connectivity index (χ4v) is 3.09. The van der Waals surface area contributed by atoms with Crippen LogP contribution < -0.4 is 0 Å². The molecule has 3 heterocycles. The molecule has 0 aromatic carbocycles. The molecule has 3 rings (SSSR count). The van der Waals surface area contributed by atoms with Crippen LogP contribution in [0.2, 0.25) is 0 Å². The Bertz CT molecular complexity index is 489. The third kappa shape index (κ3) is 2.31. The van der Waals surface area contributed by atoms with E-state index in [0.29, 0.717) is 25.4 Å². The highest BCUT2D eigenvalue weighted by molar-refractivity contribution is 5.92. The monoisotopic (exact) mass is 279 g/mol. The van der Waals surface area contributed by atoms with Crippen molar-refractivity contribution >= 4 is 5.91 Å². The first-order valence-electron chi connectivity index (χ1n) is 7.20. The third-order valence-corrected chi connectivity index (χ3v) is 4.18. The van der Waals surface area contributed by atoms with E-state index in [2.05, 4.69) is 22.3 Å². The van der Waals surface area contributed by atoms with Crippen LogP contribution in [0.4, 0.5) is 0 Å². The summed E-state index contributed by atoms with van der Waals surface area (Å²) in [6.45, 7) is 5.76. The maximum Gasteiger partial charge on any atom is 0.274 e. The van der Waals surface area contributed by atoms with Gasteiger partial charge in [-0.15, -0.1) is 5.10 Å². The molecule has 1 amide bonds. The number of hydrogen-bond donors (Lipinski definition) is 0. The lowest BCUT2D eigenvalue weighted by Crippen LogP contribution is -2.61. The molecule has 0 aliphatic carbocycles. The fourth-order valence-electron chi connectivity index (χ4n) is 3.09. The molecular formula is C13H21N5O2. The van der Waals surface area contributed by atoms with Crippen LogP contribution >= 0.6 is 0 Å². The second kappa shape index (κ2) is 5.49. The average Bonchev–Trinajstić information content (AvgIpc) is 2.94. The summed E-state index contributed by atoms with van der Waals surface area (Å²) >= 11 is 0. The van der Waals surface area contributed by atoms with E-state index in [1.54, 1.807) is 10.9 Å². The third-order valence-electron chi connectivity index (χ3n) is 4.18. The molecule has 2 fully saturated rings. The molecule has 0 N–H and O–H groups in total. The first-order valence-corrected chi connectivity index (χ1v) is 7.20. The first-order chi connectivity index (χ1) is 9.70. The molecule has 0 unspecified atom stereocenters. The van der Waals surface area contributed by atoms with Gasteiger partial charge in [-0.3, -0.25) is 4.79 Å². The van der Waals surface area contributed by atoms with Gasteiger partial charge in [-0.05, 0) is 20.4 Å². The Morgan fingerprint density at radius 1 is 1.50 bits per heavy atom. The molecular weight excluding hydrogens is 258 g/mol. The van der Waals surface area contributed by atoms with E-state index in [9.17, 15) is 4.79 Å². The van der Waals surface area contributed by atoms with Crippen LogP contribution in [0, 0.1) is 0 Å². The van der Waals surface area contributed by atoms with Crippen molar-refractivity contribution in [3.8, 4) is 0 Å². The Balaban J connectivity index is 1.82. The molecule has 110 valence electrons. The van der Waals surface area contributed by atoms with Crippen molar-refractivity contribution in [2.45, 2.75) is 32.0 Å². The van der Waals surface area contributed by atoms with Gasteiger partial charge in [-0.1, -0.05) is 5.21 Å². The molecule has 2 aliphatic rings. The van der Waals surface area contributed by atoms with Gasteiger partial charge in [0.25, 0.3) is 5.91 Å². The molecule has 7 heteroatoms. The smallest absolute Gasteiger partial charge is 0.274 e. The van der Waals surface area contributed by atoms with Gasteiger partial charge in [0.05, 0.1) is 24.9 Å². The van der Waals surface area contributed by atoms with Crippen molar-refractivity contribution in [2.75, 3.05) is 33.3 Å². The van der Waals surface area contributed by atoms with Crippen LogP contribution in [0.3, 0.4) is 0 Å². The number of amides is 1. The highest BCUT2D eigenvalue weighted by atomic mass is 16.5. The zero-order chi connectivity index (χ0) is 14.1. The van der Waals surface area contributed by atoms with Crippen LogP contribution in [0.1, 0.15) is 23.8 Å². The number of rotatable bonds is 2. The molecule has 2 saturated heterocycles. The van der Waals surface area contributed by atoms with Crippen molar-refractivity contribution in [1.82, 2.24) is 24.8 Å². The van der Waals surface area contributed by atoms with Crippen molar-refractivity contribution in [3.63, 3.8) is 0 Å². The Morgan fingerprint density at radius 2 is 2.35 bits per heavy atom. The van der Waals surface area contributed by atoms with Gasteiger partial charge in [-0.2, -0.15) is 0 Å². The summed E-state index contributed by atoms with van der Waals surface area (Å²) in [5.74, 6) is 0.0189. The van der Waals surface area contributed by atoms with Gasteiger partial charge in [0.2, 0.25) is 0 Å². The van der Waals surface area contributed by atoms with Gasteiger partial charge in [0, 0.05) is 26.2 Å². The number of carbonyl (C=O) groups is 1. The number of morpholine rings is 1. The van der Waals surface area contributed by atoms with Crippen LogP contribution in [-0.4, -0.2) is 76.1 Å². The predicted molar refractivity (Wildman–Crippen MR) is 72.4 cm³/mol. The van der Waals surface area contributed by atoms with Crippen molar-refractivity contribution in [3.05, 3.63) is 11.9 Å². The lowest BCUT2D eigenvalue weighted by Gasteiger charge is -2.46. The van der Waals surface area contributed by atoms with Crippen molar-refractivity contribution < 1.29 is 9.53 Å². The quantitative estimate of drug-likeness (QED) is 0.753. The average molecular weight is 279 g/mol. The fraction of sp³-hybridized carbons (Fsp3) is 0.769. The van der Waals surface area contributed by atoms with E-state index < -0.39 is 0 Å². The molecule has 2 atom stereocenters. The lowest BCUT2D eigenvalue weighted by molar-refractivity contribution is -0.0872. The number of likely N-dealkylation sites (tertiary alicyclic amines) is 1. The minimum absolute atomic E-state index is 0.0189. The molecule has 0 saturated carbocycles. The van der Waals surface area contributed by atoms with E-state index >= 15 is 0 Å². The molecule has 0 bridgehead atoms. The van der Waals surface area contributed by atoms with Crippen molar-refractivity contribution in [2.24, 2.45) is 0 Å². The molecule has 2 aliphatic heterocycles. The van der Waals surface area contributed by atoms with Gasteiger partial charge in [-0.25, -0.2) is 4.68 Å². The topological polar surface area (TPSA) is 63.5 Å². The largest absolute Gasteiger partial charge is 0.374 e. The summed E-state index contributed by atoms with van der Waals surface area (Å²) in [6, 6.07) is 0.134. The normalized spacial score (nSPS) is 27.4. The summed E-state index contributed by atoms with van der Waals surface area (Å²) in [4.78, 5) is 16.9. The van der Waals surface area contributed by atoms with Crippen LogP contribution in [0.25, 0.3) is 0 Å². The molecule has 7 nitrogen and oxygen atoms in total. The standard InChI is InChI=1S/C13H21N5O2/c1-3-18-10(8-14-15-18)13(19)17-6-7-20-12-4-5-16(2)9-11(12)17/h8,11-12H,3-7,9H2,1-2H3/t11-,12+/m0/s1. The molecule has 1 aromatic heterocycles. The highest BCUT2D eigenvalue weighted by Gasteiger charge is 2.39.